The fourth-order valence-electron chi connectivity index (χ4n) is 8.21. The summed E-state index contributed by atoms with van der Waals surface area (Å²) in [5.74, 6) is -0.425. The Hall–Kier alpha value is -6.73. The predicted molar refractivity (Wildman–Crippen MR) is 308 cm³/mol. The van der Waals surface area contributed by atoms with Gasteiger partial charge in [-0.3, -0.25) is 28.9 Å². The molecule has 0 bridgehead atoms. The molecule has 2 saturated heterocycles. The van der Waals surface area contributed by atoms with Crippen molar-refractivity contribution in [2.24, 2.45) is 0 Å². The molecule has 0 amide bonds. The molecule has 6 N–H and O–H groups in total. The standard InChI is InChI=1S/C24H33N5O2.C19H22N4O3.C5H11N.C4H6O4.C2H3BO2.C2H4O2.CH4.Na/c1-2-3-12-31-24-26-22(25)21-14-20(30)17-29(23(21)27-24)16-19-9-7-8-18(13-19)15-28-10-5-4-6-11-28;1-2-3-7-26-19-21-17(20)16-9-15(25)11-23(18(16)22-19)10-13-5-4-6-14(8-13)12-24;1-2-4-6-5-3-1;1-3(5)7-8-4(2)6;1-2(4)5-3;1-2(3)4;;/h7-9,13H,2-6,10-12,14-17H2,1H3,(H2,25,26,27);4-6,8,12H,2-3,7,9-11H2,1H3,(H2,20,21,22);6H,1-5H2;1-2H3;1H3;1H3,(H,3,4);1H4;/q;;;;-1;;;+1. The van der Waals surface area contributed by atoms with E-state index in [-0.39, 0.29) is 79.8 Å². The van der Waals surface area contributed by atoms with E-state index in [9.17, 15) is 28.8 Å². The summed E-state index contributed by atoms with van der Waals surface area (Å²) >= 11 is 0. The number of nitrogens with one attached hydrogen (secondary N) is 1. The van der Waals surface area contributed by atoms with E-state index in [0.29, 0.717) is 67.2 Å². The van der Waals surface area contributed by atoms with Crippen molar-refractivity contribution in [2.75, 3.05) is 73.7 Å². The third kappa shape index (κ3) is 29.3. The Labute approximate surface area is 506 Å². The number of aliphatic carboxylic acids is 1. The van der Waals surface area contributed by atoms with Crippen molar-refractivity contribution in [1.29, 1.82) is 0 Å². The van der Waals surface area contributed by atoms with Gasteiger partial charge in [-0.05, 0) is 87.5 Å². The molecule has 0 unspecified atom stereocenters. The summed E-state index contributed by atoms with van der Waals surface area (Å²) in [5, 5.41) is 10.7. The van der Waals surface area contributed by atoms with Crippen LogP contribution in [0.4, 0.5) is 23.3 Å². The number of likely N-dealkylation sites (tertiary alicyclic amines) is 1. The Morgan fingerprint density at radius 2 is 1.07 bits per heavy atom. The Morgan fingerprint density at radius 3 is 1.45 bits per heavy atom. The molecule has 443 valence electrons. The number of benzene rings is 2. The van der Waals surface area contributed by atoms with Crippen LogP contribution >= 0.6 is 0 Å². The summed E-state index contributed by atoms with van der Waals surface area (Å²) < 4.78 is 14.9. The molecule has 2 aromatic heterocycles. The first-order valence-electron chi connectivity index (χ1n) is 26.9. The number of piperidine rings is 2. The second-order valence-electron chi connectivity index (χ2n) is 19.0. The number of carbonyl (C=O) groups excluding carboxylic acids is 6. The van der Waals surface area contributed by atoms with Gasteiger partial charge in [0.15, 0.2) is 11.6 Å². The predicted octanol–water partition coefficient (Wildman–Crippen LogP) is 3.69. The van der Waals surface area contributed by atoms with E-state index in [2.05, 4.69) is 90.7 Å². The van der Waals surface area contributed by atoms with Gasteiger partial charge in [0.2, 0.25) is 5.97 Å². The Morgan fingerprint density at radius 1 is 0.659 bits per heavy atom. The van der Waals surface area contributed by atoms with E-state index in [1.807, 2.05) is 21.9 Å². The average molecular weight is 1150 g/mol. The number of nitrogens with two attached hydrogens (primary N) is 2. The summed E-state index contributed by atoms with van der Waals surface area (Å²) in [4.78, 5) is 105. The molecule has 0 saturated carbocycles. The molecule has 25 heteroatoms. The van der Waals surface area contributed by atoms with Crippen molar-refractivity contribution in [3.05, 3.63) is 81.9 Å². The number of nitrogens with zero attached hydrogens (tertiary/aromatic N) is 7. The smallest absolute Gasteiger partial charge is 0.793 e. The van der Waals surface area contributed by atoms with Crippen LogP contribution < -0.4 is 65.6 Å². The number of fused-ring (bicyclic) bond motifs is 2. The number of carboxylic acids is 1. The average Bonchev–Trinajstić information content (AvgIpc) is 3.59. The maximum absolute atomic E-state index is 12.4. The van der Waals surface area contributed by atoms with E-state index in [1.54, 1.807) is 12.1 Å². The molecule has 0 atom stereocenters. The van der Waals surface area contributed by atoms with Gasteiger partial charge >= 0.3 is 53.5 Å². The number of carbonyl (C=O) groups is 7. The molecule has 3 radical (unpaired) electrons. The first kappa shape index (κ1) is 73.3. The number of aromatic nitrogens is 4. The fraction of sp³-hybridized carbons (Fsp3) is 0.526. The van der Waals surface area contributed by atoms with Crippen LogP contribution in [0.15, 0.2) is 48.5 Å². The number of nitrogen functional groups attached to an aromatic ring is 2. The van der Waals surface area contributed by atoms with Gasteiger partial charge in [0, 0.05) is 76.9 Å². The summed E-state index contributed by atoms with van der Waals surface area (Å²) in [5.41, 5.74) is 17.6. The van der Waals surface area contributed by atoms with Crippen LogP contribution in [0.25, 0.3) is 0 Å². The molecule has 6 heterocycles. The molecule has 2 aromatic carbocycles. The molecule has 0 spiro atoms. The summed E-state index contributed by atoms with van der Waals surface area (Å²) in [7, 11) is 4.32. The van der Waals surface area contributed by atoms with E-state index >= 15 is 0 Å². The zero-order valence-electron chi connectivity index (χ0n) is 48.2. The number of rotatable bonds is 15. The number of Topliss-reactive ketones (excluding diaryl/α,β-unsaturated/α-hetero) is 2. The van der Waals surface area contributed by atoms with Gasteiger partial charge in [-0.2, -0.15) is 19.9 Å². The van der Waals surface area contributed by atoms with Crippen molar-refractivity contribution in [3.8, 4) is 12.0 Å². The van der Waals surface area contributed by atoms with Gasteiger partial charge < -0.3 is 53.9 Å². The van der Waals surface area contributed by atoms with Crippen LogP contribution in [-0.4, -0.2) is 132 Å². The first-order valence-corrected chi connectivity index (χ1v) is 26.9. The van der Waals surface area contributed by atoms with Gasteiger partial charge in [0.1, 0.15) is 29.6 Å². The molecule has 4 aliphatic rings. The van der Waals surface area contributed by atoms with E-state index in [1.165, 1.54) is 82.8 Å². The number of hydrogen-bond acceptors (Lipinski definition) is 22. The third-order valence-corrected chi connectivity index (χ3v) is 11.9. The first-order chi connectivity index (χ1) is 38.3. The minimum absolute atomic E-state index is 0. The number of anilines is 4. The molecule has 82 heavy (non-hydrogen) atoms. The van der Waals surface area contributed by atoms with Crippen LogP contribution in [-0.2, 0) is 75.7 Å². The zero-order chi connectivity index (χ0) is 58.8. The van der Waals surface area contributed by atoms with E-state index in [0.717, 1.165) is 70.7 Å². The minimum Gasteiger partial charge on any atom is -0.793 e. The van der Waals surface area contributed by atoms with Crippen molar-refractivity contribution in [2.45, 2.75) is 146 Å². The summed E-state index contributed by atoms with van der Waals surface area (Å²) in [6.45, 7) is 17.3. The van der Waals surface area contributed by atoms with Crippen LogP contribution in [0.3, 0.4) is 0 Å². The molecule has 23 nitrogen and oxygen atoms in total. The van der Waals surface area contributed by atoms with Gasteiger partial charge in [-0.25, -0.2) is 19.4 Å². The molecule has 0 aliphatic carbocycles. The quantitative estimate of drug-likeness (QED) is 0.0434. The number of aldehydes is 1. The van der Waals surface area contributed by atoms with Gasteiger partial charge in [0.25, 0.3) is 5.97 Å². The SMILES string of the molecule is C.C1CCNCC1.CC(=O)O.CC(=O)OOC(C)=O.CCCCOc1nc(N)c2c(n1)N(Cc1cccc(C=O)c1)CC(=O)C2.CCCCOc1nc(N)c2c(n1)N(Cc1cccc(CN3CCCCC3)c1)CC(=O)C2.[B-]OC(C)=O.[Na+]. The molecule has 8 rings (SSSR count). The van der Waals surface area contributed by atoms with Crippen molar-refractivity contribution >= 4 is 73.1 Å². The molecular formula is C57H83BN10NaO13. The normalized spacial score (nSPS) is 13.9. The van der Waals surface area contributed by atoms with Crippen LogP contribution in [0.5, 0.6) is 12.0 Å². The maximum Gasteiger partial charge on any atom is 1.00 e. The third-order valence-electron chi connectivity index (χ3n) is 11.9. The topological polar surface area (TPSA) is 311 Å². The second kappa shape index (κ2) is 41.3. The minimum atomic E-state index is -0.833. The second-order valence-corrected chi connectivity index (χ2v) is 19.0. The van der Waals surface area contributed by atoms with Crippen LogP contribution in [0.1, 0.15) is 151 Å². The molecular weight excluding hydrogens is 1070 g/mol. The monoisotopic (exact) mass is 1150 g/mol. The van der Waals surface area contributed by atoms with Crippen molar-refractivity contribution in [3.63, 3.8) is 0 Å². The van der Waals surface area contributed by atoms with Gasteiger partial charge in [-0.15, -0.1) is 0 Å². The number of carboxylic acid groups (broad SMARTS) is 1. The van der Waals surface area contributed by atoms with Crippen LogP contribution in [0.2, 0.25) is 0 Å². The zero-order valence-corrected chi connectivity index (χ0v) is 50.2. The maximum atomic E-state index is 12.4. The van der Waals surface area contributed by atoms with E-state index < -0.39 is 23.9 Å². The van der Waals surface area contributed by atoms with Gasteiger partial charge in [-0.1, -0.05) is 89.4 Å². The largest absolute Gasteiger partial charge is 1.00 e. The number of hydrogen-bond donors (Lipinski definition) is 4. The molecule has 4 aliphatic heterocycles. The molecule has 4 aromatic rings. The number of ether oxygens (including phenoxy) is 2. The summed E-state index contributed by atoms with van der Waals surface area (Å²) in [6, 6.07) is 16.5. The Balaban J connectivity index is 0.000000587. The fourth-order valence-corrected chi connectivity index (χ4v) is 8.21. The van der Waals surface area contributed by atoms with Crippen molar-refractivity contribution < 1.29 is 92.1 Å². The van der Waals surface area contributed by atoms with E-state index in [4.69, 9.17) is 30.8 Å². The van der Waals surface area contributed by atoms with Crippen molar-refractivity contribution in [1.82, 2.24) is 30.2 Å². The summed E-state index contributed by atoms with van der Waals surface area (Å²) in [6.07, 6.45) is 13.3. The Kier molecular flexibility index (Phi) is 36.9. The van der Waals surface area contributed by atoms with Gasteiger partial charge in [0.05, 0.1) is 26.3 Å². The Bertz CT molecular complexity index is 2600. The molecule has 2 fully saturated rings. The van der Waals surface area contributed by atoms with Crippen LogP contribution in [0, 0.1) is 0 Å². The number of unbranched alkanes of at least 4 members (excludes halogenated alkanes) is 2. The number of ketones is 2.